The summed E-state index contributed by atoms with van der Waals surface area (Å²) in [4.78, 5) is 30.1. The highest BCUT2D eigenvalue weighted by Crippen LogP contribution is 2.31. The lowest BCUT2D eigenvalue weighted by molar-refractivity contribution is -0.125. The number of ether oxygens (including phenoxy) is 2. The summed E-state index contributed by atoms with van der Waals surface area (Å²) in [5.74, 6) is 0.868. The Morgan fingerprint density at radius 3 is 2.70 bits per heavy atom. The van der Waals surface area contributed by atoms with Gasteiger partial charge in [0, 0.05) is 24.5 Å². The van der Waals surface area contributed by atoms with Gasteiger partial charge in [0.25, 0.3) is 5.91 Å². The summed E-state index contributed by atoms with van der Waals surface area (Å²) in [6.07, 6.45) is 3.49. The summed E-state index contributed by atoms with van der Waals surface area (Å²) in [5.41, 5.74) is 2.54. The summed E-state index contributed by atoms with van der Waals surface area (Å²) >= 11 is 0. The minimum absolute atomic E-state index is 0.0501. The molecule has 1 N–H and O–H groups in total. The van der Waals surface area contributed by atoms with Gasteiger partial charge < -0.3 is 14.8 Å². The van der Waals surface area contributed by atoms with Crippen molar-refractivity contribution in [3.63, 3.8) is 0 Å². The minimum Gasteiger partial charge on any atom is -0.489 e. The van der Waals surface area contributed by atoms with Gasteiger partial charge in [-0.15, -0.1) is 0 Å². The Bertz CT molecular complexity index is 1020. The summed E-state index contributed by atoms with van der Waals surface area (Å²) in [6.45, 7) is 0.692. The van der Waals surface area contributed by atoms with Crippen molar-refractivity contribution in [2.24, 2.45) is 0 Å². The van der Waals surface area contributed by atoms with Gasteiger partial charge in [-0.25, -0.2) is 0 Å². The largest absolute Gasteiger partial charge is 0.489 e. The van der Waals surface area contributed by atoms with Crippen LogP contribution < -0.4 is 19.7 Å². The van der Waals surface area contributed by atoms with Crippen molar-refractivity contribution in [3.05, 3.63) is 84.2 Å². The van der Waals surface area contributed by atoms with Crippen LogP contribution in [0.2, 0.25) is 0 Å². The molecule has 2 heterocycles. The third-order valence-corrected chi connectivity index (χ3v) is 4.65. The molecule has 0 atom stereocenters. The summed E-state index contributed by atoms with van der Waals surface area (Å²) in [5, 5.41) is 2.85. The molecule has 152 valence electrons. The lowest BCUT2D eigenvalue weighted by Crippen LogP contribution is -2.45. The van der Waals surface area contributed by atoms with E-state index in [9.17, 15) is 9.59 Å². The van der Waals surface area contributed by atoms with Gasteiger partial charge in [0.2, 0.25) is 5.91 Å². The molecule has 0 radical (unpaired) electrons. The van der Waals surface area contributed by atoms with E-state index in [0.29, 0.717) is 24.6 Å². The van der Waals surface area contributed by atoms with E-state index in [0.717, 1.165) is 16.9 Å². The molecule has 1 aliphatic heterocycles. The van der Waals surface area contributed by atoms with Crippen LogP contribution in [0.1, 0.15) is 11.1 Å². The highest BCUT2D eigenvalue weighted by Gasteiger charge is 2.26. The number of carbonyl (C=O) groups excluding carboxylic acids is 2. The Labute approximate surface area is 174 Å². The molecule has 0 aliphatic carbocycles. The van der Waals surface area contributed by atoms with Crippen molar-refractivity contribution in [1.82, 2.24) is 10.3 Å². The number of aromatic nitrogens is 1. The number of carbonyl (C=O) groups is 2. The first-order chi connectivity index (χ1) is 14.7. The first kappa shape index (κ1) is 19.4. The fraction of sp³-hybridized carbons (Fsp3) is 0.174. The number of anilines is 1. The number of hydrogen-bond acceptors (Lipinski definition) is 5. The maximum absolute atomic E-state index is 12.4. The number of nitrogens with one attached hydrogen (secondary N) is 1. The number of hydrogen-bond donors (Lipinski definition) is 1. The Balaban J connectivity index is 1.28. The zero-order chi connectivity index (χ0) is 20.8. The van der Waals surface area contributed by atoms with Crippen LogP contribution in [0.15, 0.2) is 73.1 Å². The Morgan fingerprint density at radius 1 is 1.07 bits per heavy atom. The predicted octanol–water partition coefficient (Wildman–Crippen LogP) is 2.70. The van der Waals surface area contributed by atoms with Gasteiger partial charge in [0.1, 0.15) is 24.7 Å². The standard InChI is InChI=1S/C23H21N3O4/c27-22(14-26-20-5-1-2-6-21(20)30-16-23(26)28)25-13-17-7-9-19(10-8-17)29-15-18-4-3-11-24-12-18/h1-12H,13-16H2,(H,25,27). The molecule has 0 bridgehead atoms. The second-order valence-corrected chi connectivity index (χ2v) is 6.81. The molecular formula is C23H21N3O4. The van der Waals surface area contributed by atoms with E-state index in [-0.39, 0.29) is 25.0 Å². The molecular weight excluding hydrogens is 382 g/mol. The molecule has 7 nitrogen and oxygen atoms in total. The molecule has 3 aromatic rings. The van der Waals surface area contributed by atoms with Crippen molar-refractivity contribution in [2.75, 3.05) is 18.1 Å². The lowest BCUT2D eigenvalue weighted by atomic mass is 10.2. The second kappa shape index (κ2) is 9.09. The fourth-order valence-electron chi connectivity index (χ4n) is 3.08. The monoisotopic (exact) mass is 403 g/mol. The van der Waals surface area contributed by atoms with Crippen LogP contribution >= 0.6 is 0 Å². The molecule has 0 saturated carbocycles. The Kier molecular flexibility index (Phi) is 5.89. The molecule has 7 heteroatoms. The average molecular weight is 403 g/mol. The van der Waals surface area contributed by atoms with Crippen LogP contribution in [0.4, 0.5) is 5.69 Å². The van der Waals surface area contributed by atoms with Crippen LogP contribution in [-0.4, -0.2) is 29.9 Å². The molecule has 0 spiro atoms. The number of benzene rings is 2. The molecule has 2 aromatic carbocycles. The van der Waals surface area contributed by atoms with Crippen molar-refractivity contribution >= 4 is 17.5 Å². The normalized spacial score (nSPS) is 12.7. The van der Waals surface area contributed by atoms with Crippen molar-refractivity contribution in [2.45, 2.75) is 13.2 Å². The molecule has 0 unspecified atom stereocenters. The number of amides is 2. The molecule has 2 amide bonds. The summed E-state index contributed by atoms with van der Waals surface area (Å²) in [7, 11) is 0. The first-order valence-electron chi connectivity index (χ1n) is 9.58. The smallest absolute Gasteiger partial charge is 0.265 e. The number of para-hydroxylation sites is 2. The van der Waals surface area contributed by atoms with Crippen molar-refractivity contribution < 1.29 is 19.1 Å². The summed E-state index contributed by atoms with van der Waals surface area (Å²) < 4.78 is 11.1. The number of rotatable bonds is 7. The number of pyridine rings is 1. The second-order valence-electron chi connectivity index (χ2n) is 6.81. The van der Waals surface area contributed by atoms with Crippen LogP contribution in [0, 0.1) is 0 Å². The fourth-order valence-corrected chi connectivity index (χ4v) is 3.08. The van der Waals surface area contributed by atoms with Crippen LogP contribution in [0.5, 0.6) is 11.5 Å². The van der Waals surface area contributed by atoms with Crippen molar-refractivity contribution in [3.8, 4) is 11.5 Å². The van der Waals surface area contributed by atoms with Gasteiger partial charge in [0.15, 0.2) is 6.61 Å². The molecule has 1 aromatic heterocycles. The van der Waals surface area contributed by atoms with Gasteiger partial charge in [-0.2, -0.15) is 0 Å². The van der Waals surface area contributed by atoms with Gasteiger partial charge in [-0.3, -0.25) is 19.5 Å². The van der Waals surface area contributed by atoms with E-state index in [1.54, 1.807) is 24.5 Å². The van der Waals surface area contributed by atoms with E-state index in [2.05, 4.69) is 10.3 Å². The van der Waals surface area contributed by atoms with Gasteiger partial charge in [-0.1, -0.05) is 30.3 Å². The maximum Gasteiger partial charge on any atom is 0.265 e. The minimum atomic E-state index is -0.239. The quantitative estimate of drug-likeness (QED) is 0.656. The molecule has 4 rings (SSSR count). The maximum atomic E-state index is 12.4. The number of nitrogens with zero attached hydrogens (tertiary/aromatic N) is 2. The van der Waals surface area contributed by atoms with Gasteiger partial charge >= 0.3 is 0 Å². The van der Waals surface area contributed by atoms with Crippen LogP contribution in [0.3, 0.4) is 0 Å². The highest BCUT2D eigenvalue weighted by atomic mass is 16.5. The van der Waals surface area contributed by atoms with E-state index in [1.807, 2.05) is 48.5 Å². The molecule has 30 heavy (non-hydrogen) atoms. The topological polar surface area (TPSA) is 80.8 Å². The zero-order valence-corrected chi connectivity index (χ0v) is 16.3. The van der Waals surface area contributed by atoms with E-state index in [4.69, 9.17) is 9.47 Å². The SMILES string of the molecule is O=C(CN1C(=O)COc2ccccc21)NCc1ccc(OCc2cccnc2)cc1. The molecule has 1 aliphatic rings. The predicted molar refractivity (Wildman–Crippen MR) is 111 cm³/mol. The van der Waals surface area contributed by atoms with Crippen LogP contribution in [-0.2, 0) is 22.7 Å². The van der Waals surface area contributed by atoms with Crippen molar-refractivity contribution in [1.29, 1.82) is 0 Å². The van der Waals surface area contributed by atoms with Gasteiger partial charge in [-0.05, 0) is 35.9 Å². The van der Waals surface area contributed by atoms with Crippen LogP contribution in [0.25, 0.3) is 0 Å². The third-order valence-electron chi connectivity index (χ3n) is 4.65. The number of fused-ring (bicyclic) bond motifs is 1. The Hall–Kier alpha value is -3.87. The highest BCUT2D eigenvalue weighted by molar-refractivity contribution is 6.02. The first-order valence-corrected chi connectivity index (χ1v) is 9.58. The third kappa shape index (κ3) is 4.75. The molecule has 0 saturated heterocycles. The average Bonchev–Trinajstić information content (AvgIpc) is 2.79. The Morgan fingerprint density at radius 2 is 1.90 bits per heavy atom. The van der Waals surface area contributed by atoms with E-state index in [1.165, 1.54) is 4.90 Å². The van der Waals surface area contributed by atoms with E-state index < -0.39 is 0 Å². The van der Waals surface area contributed by atoms with E-state index >= 15 is 0 Å². The summed E-state index contributed by atoms with van der Waals surface area (Å²) in [6, 6.07) is 18.5. The van der Waals surface area contributed by atoms with Gasteiger partial charge in [0.05, 0.1) is 5.69 Å². The molecule has 0 fully saturated rings. The lowest BCUT2D eigenvalue weighted by Gasteiger charge is -2.28. The zero-order valence-electron chi connectivity index (χ0n) is 16.3.